The molecule has 0 saturated carbocycles. The van der Waals surface area contributed by atoms with Crippen molar-refractivity contribution in [3.8, 4) is 5.75 Å². The number of amides is 2. The molecule has 8 nitrogen and oxygen atoms in total. The highest BCUT2D eigenvalue weighted by molar-refractivity contribution is 6.06. The third-order valence-electron chi connectivity index (χ3n) is 5.28. The van der Waals surface area contributed by atoms with Crippen molar-refractivity contribution in [1.29, 1.82) is 0 Å². The number of nitrogens with two attached hydrogens (primary N) is 1. The first-order valence-corrected chi connectivity index (χ1v) is 11.8. The lowest BCUT2D eigenvalue weighted by molar-refractivity contribution is -0.118. The van der Waals surface area contributed by atoms with Gasteiger partial charge in [-0.3, -0.25) is 14.9 Å². The molecular formula is C26H35N3O5. The van der Waals surface area contributed by atoms with E-state index in [1.807, 2.05) is 38.1 Å². The molecule has 2 amide bonds. The maximum absolute atomic E-state index is 12.7. The SMILES string of the molecule is CCCC(CCC)OC(=O)c1cnc(C(=O)NC(=O)CN)c(OCc2ccc(C(C)C)cc2)c1. The van der Waals surface area contributed by atoms with Crippen molar-refractivity contribution in [3.05, 3.63) is 58.9 Å². The average Bonchev–Trinajstić information content (AvgIpc) is 2.82. The Morgan fingerprint density at radius 3 is 2.26 bits per heavy atom. The van der Waals surface area contributed by atoms with E-state index in [-0.39, 0.29) is 36.3 Å². The van der Waals surface area contributed by atoms with Gasteiger partial charge in [0.05, 0.1) is 12.1 Å². The van der Waals surface area contributed by atoms with E-state index in [1.165, 1.54) is 17.8 Å². The van der Waals surface area contributed by atoms with Crippen LogP contribution >= 0.6 is 0 Å². The van der Waals surface area contributed by atoms with Crippen LogP contribution in [0.2, 0.25) is 0 Å². The smallest absolute Gasteiger partial charge is 0.340 e. The van der Waals surface area contributed by atoms with Crippen LogP contribution in [0.4, 0.5) is 0 Å². The van der Waals surface area contributed by atoms with Crippen LogP contribution < -0.4 is 15.8 Å². The van der Waals surface area contributed by atoms with Gasteiger partial charge in [-0.05, 0) is 36.0 Å². The molecule has 0 saturated heterocycles. The van der Waals surface area contributed by atoms with Gasteiger partial charge in [0.2, 0.25) is 5.91 Å². The van der Waals surface area contributed by atoms with Crippen molar-refractivity contribution >= 4 is 17.8 Å². The molecule has 0 fully saturated rings. The summed E-state index contributed by atoms with van der Waals surface area (Å²) in [6.45, 7) is 8.10. The van der Waals surface area contributed by atoms with Gasteiger partial charge in [-0.15, -0.1) is 0 Å². The number of aromatic nitrogens is 1. The summed E-state index contributed by atoms with van der Waals surface area (Å²) in [5.74, 6) is -1.45. The molecule has 8 heteroatoms. The summed E-state index contributed by atoms with van der Waals surface area (Å²) in [5, 5.41) is 2.16. The van der Waals surface area contributed by atoms with Gasteiger partial charge >= 0.3 is 5.97 Å². The van der Waals surface area contributed by atoms with E-state index in [2.05, 4.69) is 24.1 Å². The van der Waals surface area contributed by atoms with Crippen LogP contribution in [0.25, 0.3) is 0 Å². The van der Waals surface area contributed by atoms with Gasteiger partial charge in [0.25, 0.3) is 5.91 Å². The van der Waals surface area contributed by atoms with E-state index in [1.54, 1.807) is 0 Å². The molecular weight excluding hydrogens is 434 g/mol. The highest BCUT2D eigenvalue weighted by Crippen LogP contribution is 2.22. The monoisotopic (exact) mass is 469 g/mol. The molecule has 0 unspecified atom stereocenters. The van der Waals surface area contributed by atoms with Gasteiger partial charge in [-0.25, -0.2) is 9.78 Å². The van der Waals surface area contributed by atoms with Gasteiger partial charge in [0, 0.05) is 6.20 Å². The molecule has 3 N–H and O–H groups in total. The summed E-state index contributed by atoms with van der Waals surface area (Å²) < 4.78 is 11.5. The molecule has 2 aromatic rings. The molecule has 0 aliphatic rings. The van der Waals surface area contributed by atoms with E-state index >= 15 is 0 Å². The summed E-state index contributed by atoms with van der Waals surface area (Å²) >= 11 is 0. The van der Waals surface area contributed by atoms with Crippen molar-refractivity contribution in [2.24, 2.45) is 5.73 Å². The number of esters is 1. The third kappa shape index (κ3) is 7.95. The zero-order chi connectivity index (χ0) is 25.1. The Balaban J connectivity index is 2.27. The number of nitrogens with one attached hydrogen (secondary N) is 1. The molecule has 34 heavy (non-hydrogen) atoms. The summed E-state index contributed by atoms with van der Waals surface area (Å²) in [5.41, 5.74) is 7.42. The Labute approximate surface area is 201 Å². The van der Waals surface area contributed by atoms with Crippen LogP contribution in [0, 0.1) is 0 Å². The van der Waals surface area contributed by atoms with Crippen LogP contribution in [0.1, 0.15) is 91.3 Å². The topological polar surface area (TPSA) is 121 Å². The summed E-state index contributed by atoms with van der Waals surface area (Å²) in [4.78, 5) is 41.0. The molecule has 0 radical (unpaired) electrons. The second kappa shape index (κ2) is 13.4. The normalized spacial score (nSPS) is 10.9. The Hall–Kier alpha value is -3.26. The van der Waals surface area contributed by atoms with Crippen molar-refractivity contribution in [1.82, 2.24) is 10.3 Å². The minimum atomic E-state index is -0.754. The lowest BCUT2D eigenvalue weighted by atomic mass is 10.0. The molecule has 0 aliphatic heterocycles. The number of carbonyl (C=O) groups is 3. The quantitative estimate of drug-likeness (QED) is 0.448. The zero-order valence-electron chi connectivity index (χ0n) is 20.4. The number of ether oxygens (including phenoxy) is 2. The summed E-state index contributed by atoms with van der Waals surface area (Å²) in [7, 11) is 0. The van der Waals surface area contributed by atoms with Crippen LogP contribution in [0.15, 0.2) is 36.5 Å². The maximum Gasteiger partial charge on any atom is 0.340 e. The molecule has 1 heterocycles. The predicted molar refractivity (Wildman–Crippen MR) is 130 cm³/mol. The Morgan fingerprint density at radius 2 is 1.71 bits per heavy atom. The highest BCUT2D eigenvalue weighted by Gasteiger charge is 2.21. The van der Waals surface area contributed by atoms with Crippen molar-refractivity contribution in [3.63, 3.8) is 0 Å². The fraction of sp³-hybridized carbons (Fsp3) is 0.462. The molecule has 0 bridgehead atoms. The first kappa shape index (κ1) is 27.0. The largest absolute Gasteiger partial charge is 0.486 e. The highest BCUT2D eigenvalue weighted by atomic mass is 16.5. The predicted octanol–water partition coefficient (Wildman–Crippen LogP) is 4.12. The van der Waals surface area contributed by atoms with Crippen LogP contribution in [-0.4, -0.2) is 35.4 Å². The number of hydrogen-bond acceptors (Lipinski definition) is 7. The minimum Gasteiger partial charge on any atom is -0.486 e. The zero-order valence-corrected chi connectivity index (χ0v) is 20.4. The Kier molecular flexibility index (Phi) is 10.7. The lowest BCUT2D eigenvalue weighted by Crippen LogP contribution is -2.36. The fourth-order valence-electron chi connectivity index (χ4n) is 3.36. The van der Waals surface area contributed by atoms with Crippen molar-refractivity contribution in [2.75, 3.05) is 6.54 Å². The average molecular weight is 470 g/mol. The molecule has 0 atom stereocenters. The molecule has 0 spiro atoms. The number of hydrogen-bond donors (Lipinski definition) is 2. The minimum absolute atomic E-state index is 0.0761. The van der Waals surface area contributed by atoms with E-state index in [4.69, 9.17) is 15.2 Å². The van der Waals surface area contributed by atoms with E-state index in [0.717, 1.165) is 31.2 Å². The number of benzene rings is 1. The van der Waals surface area contributed by atoms with Gasteiger partial charge < -0.3 is 15.2 Å². The third-order valence-corrected chi connectivity index (χ3v) is 5.28. The lowest BCUT2D eigenvalue weighted by Gasteiger charge is -2.17. The molecule has 1 aromatic carbocycles. The number of carbonyl (C=O) groups excluding carboxylic acids is 3. The van der Waals surface area contributed by atoms with Crippen molar-refractivity contribution in [2.45, 2.75) is 72.0 Å². The van der Waals surface area contributed by atoms with Crippen LogP contribution in [0.3, 0.4) is 0 Å². The summed E-state index contributed by atoms with van der Waals surface area (Å²) in [6, 6.07) is 9.35. The maximum atomic E-state index is 12.7. The van der Waals surface area contributed by atoms with Gasteiger partial charge in [-0.1, -0.05) is 64.8 Å². The van der Waals surface area contributed by atoms with Crippen molar-refractivity contribution < 1.29 is 23.9 Å². The first-order valence-electron chi connectivity index (χ1n) is 11.8. The second-order valence-corrected chi connectivity index (χ2v) is 8.44. The second-order valence-electron chi connectivity index (χ2n) is 8.44. The fourth-order valence-corrected chi connectivity index (χ4v) is 3.36. The molecule has 2 rings (SSSR count). The summed E-state index contributed by atoms with van der Waals surface area (Å²) in [6.07, 6.45) is 4.40. The number of rotatable bonds is 12. The van der Waals surface area contributed by atoms with Gasteiger partial charge in [0.15, 0.2) is 11.4 Å². The van der Waals surface area contributed by atoms with E-state index < -0.39 is 17.8 Å². The standard InChI is InChI=1S/C26H35N3O5/c1-5-7-21(8-6-2)34-26(32)20-13-22(24(28-15-20)25(31)29-23(30)14-27)33-16-18-9-11-19(12-10-18)17(3)4/h9-13,15,17,21H,5-8,14,16,27H2,1-4H3,(H,29,30,31). The molecule has 1 aromatic heterocycles. The number of nitrogens with zero attached hydrogens (tertiary/aromatic N) is 1. The Bertz CT molecular complexity index is 967. The molecule has 0 aliphatic carbocycles. The number of pyridine rings is 1. The van der Waals surface area contributed by atoms with Gasteiger partial charge in [-0.2, -0.15) is 0 Å². The first-order chi connectivity index (χ1) is 16.3. The molecule has 184 valence electrons. The number of imide groups is 1. The van der Waals surface area contributed by atoms with E-state index in [0.29, 0.717) is 5.92 Å². The van der Waals surface area contributed by atoms with E-state index in [9.17, 15) is 14.4 Å². The van der Waals surface area contributed by atoms with Gasteiger partial charge in [0.1, 0.15) is 12.7 Å². The van der Waals surface area contributed by atoms with Crippen LogP contribution in [-0.2, 0) is 16.1 Å². The van der Waals surface area contributed by atoms with Crippen LogP contribution in [0.5, 0.6) is 5.75 Å². The Morgan fingerprint density at radius 1 is 1.06 bits per heavy atom.